The number of carbonyl (C=O) groups is 2. The third-order valence-corrected chi connectivity index (χ3v) is 6.80. The number of carbonyl (C=O) groups excluding carboxylic acids is 1. The van der Waals surface area contributed by atoms with Gasteiger partial charge in [0.2, 0.25) is 15.9 Å². The van der Waals surface area contributed by atoms with E-state index >= 15 is 0 Å². The summed E-state index contributed by atoms with van der Waals surface area (Å²) in [6.45, 7) is 1.24. The monoisotopic (exact) mass is 519 g/mol. The van der Waals surface area contributed by atoms with Crippen LogP contribution in [0.15, 0.2) is 58.5 Å². The first-order chi connectivity index (χ1) is 16.6. The van der Waals surface area contributed by atoms with Gasteiger partial charge in [0.15, 0.2) is 0 Å². The Kier molecular flexibility index (Phi) is 8.33. The molecule has 11 nitrogen and oxygen atoms in total. The van der Waals surface area contributed by atoms with Crippen LogP contribution >= 0.6 is 11.6 Å². The molecule has 0 unspecified atom stereocenters. The summed E-state index contributed by atoms with van der Waals surface area (Å²) in [5.74, 6) is -1.92. The Labute approximate surface area is 205 Å². The minimum Gasteiger partial charge on any atom is -0.481 e. The van der Waals surface area contributed by atoms with Crippen LogP contribution in [-0.2, 0) is 39.0 Å². The van der Waals surface area contributed by atoms with Gasteiger partial charge in [-0.1, -0.05) is 23.7 Å². The van der Waals surface area contributed by atoms with Crippen molar-refractivity contribution in [3.05, 3.63) is 81.0 Å². The Balaban J connectivity index is 1.71. The molecule has 0 saturated heterocycles. The van der Waals surface area contributed by atoms with E-state index in [9.17, 15) is 22.8 Å². The maximum atomic E-state index is 12.8. The molecule has 3 aromatic rings. The molecule has 184 valence electrons. The van der Waals surface area contributed by atoms with Gasteiger partial charge in [0.25, 0.3) is 5.56 Å². The highest BCUT2D eigenvalue weighted by Gasteiger charge is 2.19. The highest BCUT2D eigenvalue weighted by atomic mass is 35.5. The number of benzene rings is 1. The second-order valence-corrected chi connectivity index (χ2v) is 9.64. The van der Waals surface area contributed by atoms with Gasteiger partial charge in [0.1, 0.15) is 6.54 Å². The third-order valence-electron chi connectivity index (χ3n) is 4.87. The number of carboxylic acid groups (broad SMARTS) is 1. The number of aryl methyl sites for hydroxylation is 1. The predicted molar refractivity (Wildman–Crippen MR) is 128 cm³/mol. The maximum Gasteiger partial charge on any atom is 0.308 e. The lowest BCUT2D eigenvalue weighted by molar-refractivity contribution is -0.136. The van der Waals surface area contributed by atoms with Crippen LogP contribution in [0.5, 0.6) is 0 Å². The Bertz CT molecular complexity index is 1410. The number of hydrogen-bond donors (Lipinski definition) is 3. The van der Waals surface area contributed by atoms with Crippen molar-refractivity contribution in [3.8, 4) is 0 Å². The van der Waals surface area contributed by atoms with Crippen molar-refractivity contribution >= 4 is 39.2 Å². The summed E-state index contributed by atoms with van der Waals surface area (Å²) < 4.78 is 28.9. The standard InChI is InChI=1S/C22H22ClN5O6S/c1-14-5-6-16(10-19(14)35(33,34)26-9-7-15-4-2-3-8-24-15)27-20(29)13-28-22(32)17(11-21(30)31)18(23)12-25-28/h2-6,8,10,12,26H,7,9,11,13H2,1H3,(H,27,29)(H,30,31). The van der Waals surface area contributed by atoms with E-state index in [0.29, 0.717) is 12.0 Å². The first-order valence-corrected chi connectivity index (χ1v) is 12.2. The molecule has 0 aliphatic heterocycles. The molecular weight excluding hydrogens is 498 g/mol. The van der Waals surface area contributed by atoms with E-state index in [4.69, 9.17) is 16.7 Å². The van der Waals surface area contributed by atoms with Gasteiger partial charge in [0, 0.05) is 30.5 Å². The minimum atomic E-state index is -3.87. The SMILES string of the molecule is Cc1ccc(NC(=O)Cn2ncc(Cl)c(CC(=O)O)c2=O)cc1S(=O)(=O)NCCc1ccccn1. The lowest BCUT2D eigenvalue weighted by atomic mass is 10.2. The molecule has 3 N–H and O–H groups in total. The Morgan fingerprint density at radius 2 is 1.97 bits per heavy atom. The second-order valence-electron chi connectivity index (χ2n) is 7.50. The fourth-order valence-electron chi connectivity index (χ4n) is 3.17. The van der Waals surface area contributed by atoms with Gasteiger partial charge in [-0.05, 0) is 36.8 Å². The van der Waals surface area contributed by atoms with E-state index in [0.717, 1.165) is 16.6 Å². The number of rotatable bonds is 10. The van der Waals surface area contributed by atoms with Crippen LogP contribution in [0.3, 0.4) is 0 Å². The lowest BCUT2D eigenvalue weighted by Crippen LogP contribution is -2.32. The van der Waals surface area contributed by atoms with E-state index < -0.39 is 40.4 Å². The van der Waals surface area contributed by atoms with E-state index in [1.54, 1.807) is 31.3 Å². The van der Waals surface area contributed by atoms with Crippen molar-refractivity contribution in [2.45, 2.75) is 31.2 Å². The van der Waals surface area contributed by atoms with Crippen LogP contribution in [0, 0.1) is 6.92 Å². The summed E-state index contributed by atoms with van der Waals surface area (Å²) in [6.07, 6.45) is 2.50. The molecule has 0 atom stereocenters. The lowest BCUT2D eigenvalue weighted by Gasteiger charge is -2.12. The number of anilines is 1. The zero-order valence-corrected chi connectivity index (χ0v) is 20.1. The number of carboxylic acids is 1. The summed E-state index contributed by atoms with van der Waals surface area (Å²) in [5, 5.41) is 15.1. The van der Waals surface area contributed by atoms with Crippen LogP contribution < -0.4 is 15.6 Å². The Hall–Kier alpha value is -3.61. The van der Waals surface area contributed by atoms with Crippen molar-refractivity contribution < 1.29 is 23.1 Å². The van der Waals surface area contributed by atoms with Crippen LogP contribution in [0.2, 0.25) is 5.02 Å². The van der Waals surface area contributed by atoms with E-state index in [-0.39, 0.29) is 27.7 Å². The zero-order chi connectivity index (χ0) is 25.6. The molecule has 0 bridgehead atoms. The van der Waals surface area contributed by atoms with E-state index in [1.807, 2.05) is 6.07 Å². The largest absolute Gasteiger partial charge is 0.481 e. The first-order valence-electron chi connectivity index (χ1n) is 10.3. The molecule has 0 radical (unpaired) electrons. The van der Waals surface area contributed by atoms with Crippen LogP contribution in [0.25, 0.3) is 0 Å². The fraction of sp³-hybridized carbons (Fsp3) is 0.227. The van der Waals surface area contributed by atoms with Crippen LogP contribution in [-0.4, -0.2) is 46.7 Å². The molecule has 0 aliphatic rings. The number of aliphatic carboxylic acids is 1. The number of amides is 1. The van der Waals surface area contributed by atoms with Crippen LogP contribution in [0.4, 0.5) is 5.69 Å². The van der Waals surface area contributed by atoms with Gasteiger partial charge in [-0.2, -0.15) is 5.10 Å². The van der Waals surface area contributed by atoms with Crippen molar-refractivity contribution in [2.75, 3.05) is 11.9 Å². The molecule has 0 aliphatic carbocycles. The van der Waals surface area contributed by atoms with Gasteiger partial charge in [-0.25, -0.2) is 17.8 Å². The molecule has 35 heavy (non-hydrogen) atoms. The molecule has 2 heterocycles. The summed E-state index contributed by atoms with van der Waals surface area (Å²) in [7, 11) is -3.87. The highest BCUT2D eigenvalue weighted by Crippen LogP contribution is 2.20. The second kappa shape index (κ2) is 11.2. The molecular formula is C22H22ClN5O6S. The molecule has 0 saturated carbocycles. The van der Waals surface area contributed by atoms with Gasteiger partial charge in [-0.3, -0.25) is 19.4 Å². The first kappa shape index (κ1) is 26.0. The predicted octanol–water partition coefficient (Wildman–Crippen LogP) is 1.39. The minimum absolute atomic E-state index is 0.0122. The van der Waals surface area contributed by atoms with Crippen LogP contribution in [0.1, 0.15) is 16.8 Å². The number of pyridine rings is 1. The summed E-state index contributed by atoms with van der Waals surface area (Å²) >= 11 is 5.85. The average Bonchev–Trinajstić information content (AvgIpc) is 2.80. The fourth-order valence-corrected chi connectivity index (χ4v) is 4.67. The zero-order valence-electron chi connectivity index (χ0n) is 18.6. The molecule has 0 fully saturated rings. The van der Waals surface area contributed by atoms with Gasteiger partial charge < -0.3 is 10.4 Å². The molecule has 1 amide bonds. The Morgan fingerprint density at radius 3 is 2.66 bits per heavy atom. The molecule has 0 spiro atoms. The third kappa shape index (κ3) is 6.94. The molecule has 13 heteroatoms. The van der Waals surface area contributed by atoms with Crippen molar-refractivity contribution in [1.29, 1.82) is 0 Å². The molecule has 1 aromatic carbocycles. The smallest absolute Gasteiger partial charge is 0.308 e. The summed E-state index contributed by atoms with van der Waals surface area (Å²) in [6, 6.07) is 9.75. The topological polar surface area (TPSA) is 160 Å². The number of hydrogen-bond acceptors (Lipinski definition) is 7. The number of sulfonamides is 1. The van der Waals surface area contributed by atoms with Crippen molar-refractivity contribution in [1.82, 2.24) is 19.5 Å². The van der Waals surface area contributed by atoms with Gasteiger partial charge in [0.05, 0.1) is 28.1 Å². The van der Waals surface area contributed by atoms with Gasteiger partial charge >= 0.3 is 5.97 Å². The molecule has 3 rings (SSSR count). The van der Waals surface area contributed by atoms with Crippen molar-refractivity contribution in [2.24, 2.45) is 0 Å². The van der Waals surface area contributed by atoms with Gasteiger partial charge in [-0.15, -0.1) is 0 Å². The quantitative estimate of drug-likeness (QED) is 0.362. The maximum absolute atomic E-state index is 12.8. The van der Waals surface area contributed by atoms with E-state index in [1.165, 1.54) is 12.1 Å². The molecule has 2 aromatic heterocycles. The summed E-state index contributed by atoms with van der Waals surface area (Å²) in [4.78, 5) is 40.0. The normalized spacial score (nSPS) is 11.3. The average molecular weight is 520 g/mol. The van der Waals surface area contributed by atoms with Crippen molar-refractivity contribution in [3.63, 3.8) is 0 Å². The number of halogens is 1. The highest BCUT2D eigenvalue weighted by molar-refractivity contribution is 7.89. The number of nitrogens with zero attached hydrogens (tertiary/aromatic N) is 3. The summed E-state index contributed by atoms with van der Waals surface area (Å²) in [5.41, 5.74) is 0.410. The van der Waals surface area contributed by atoms with E-state index in [2.05, 4.69) is 20.1 Å². The Morgan fingerprint density at radius 1 is 1.20 bits per heavy atom. The number of aromatic nitrogens is 3. The number of nitrogens with one attached hydrogen (secondary N) is 2.